The summed E-state index contributed by atoms with van der Waals surface area (Å²) >= 11 is 6.05. The van der Waals surface area contributed by atoms with Gasteiger partial charge in [-0.15, -0.1) is 0 Å². The predicted molar refractivity (Wildman–Crippen MR) is 80.3 cm³/mol. The summed E-state index contributed by atoms with van der Waals surface area (Å²) < 4.78 is 18.7. The zero-order valence-corrected chi connectivity index (χ0v) is 11.9. The van der Waals surface area contributed by atoms with Crippen LogP contribution in [0, 0.1) is 12.7 Å². The molecule has 0 atom stereocenters. The Labute approximate surface area is 125 Å². The lowest BCUT2D eigenvalue weighted by Crippen LogP contribution is -2.12. The molecule has 0 saturated heterocycles. The van der Waals surface area contributed by atoms with Crippen molar-refractivity contribution in [2.45, 2.75) is 6.92 Å². The van der Waals surface area contributed by atoms with Crippen LogP contribution in [0.3, 0.4) is 0 Å². The monoisotopic (exact) mass is 303 g/mol. The van der Waals surface area contributed by atoms with Crippen LogP contribution < -0.4 is 5.32 Å². The first-order valence-electron chi connectivity index (χ1n) is 6.31. The molecule has 21 heavy (non-hydrogen) atoms. The third-order valence-corrected chi connectivity index (χ3v) is 3.50. The van der Waals surface area contributed by atoms with E-state index in [-0.39, 0.29) is 5.76 Å². The molecule has 1 amide bonds. The molecule has 1 heterocycles. The Morgan fingerprint density at radius 3 is 2.71 bits per heavy atom. The topological polar surface area (TPSA) is 42.2 Å². The van der Waals surface area contributed by atoms with Crippen LogP contribution in [0.5, 0.6) is 0 Å². The molecule has 0 aliphatic carbocycles. The predicted octanol–water partition coefficient (Wildman–Crippen LogP) is 4.79. The Morgan fingerprint density at radius 2 is 2.00 bits per heavy atom. The number of rotatable bonds is 2. The fourth-order valence-corrected chi connectivity index (χ4v) is 2.39. The van der Waals surface area contributed by atoms with Crippen molar-refractivity contribution in [1.29, 1.82) is 0 Å². The maximum atomic E-state index is 13.1. The normalized spacial score (nSPS) is 10.8. The quantitative estimate of drug-likeness (QED) is 0.740. The van der Waals surface area contributed by atoms with Gasteiger partial charge in [-0.3, -0.25) is 4.79 Å². The SMILES string of the molecule is Cc1c(C(=O)Nc2cccc(F)c2)oc2c(Cl)cccc12. The molecule has 0 spiro atoms. The molecule has 0 bridgehead atoms. The number of amides is 1. The molecule has 3 rings (SSSR count). The van der Waals surface area contributed by atoms with E-state index in [0.29, 0.717) is 21.9 Å². The van der Waals surface area contributed by atoms with Gasteiger partial charge in [-0.05, 0) is 31.2 Å². The number of hydrogen-bond acceptors (Lipinski definition) is 2. The van der Waals surface area contributed by atoms with E-state index in [4.69, 9.17) is 16.0 Å². The largest absolute Gasteiger partial charge is 0.449 e. The van der Waals surface area contributed by atoms with E-state index in [2.05, 4.69) is 5.32 Å². The number of anilines is 1. The van der Waals surface area contributed by atoms with Gasteiger partial charge >= 0.3 is 0 Å². The summed E-state index contributed by atoms with van der Waals surface area (Å²) in [6.07, 6.45) is 0. The summed E-state index contributed by atoms with van der Waals surface area (Å²) in [6.45, 7) is 1.78. The van der Waals surface area contributed by atoms with Crippen molar-refractivity contribution >= 4 is 34.2 Å². The number of aryl methyl sites for hydroxylation is 1. The highest BCUT2D eigenvalue weighted by atomic mass is 35.5. The van der Waals surface area contributed by atoms with Crippen LogP contribution in [0.4, 0.5) is 10.1 Å². The average Bonchev–Trinajstić information content (AvgIpc) is 2.78. The van der Waals surface area contributed by atoms with E-state index in [1.807, 2.05) is 6.07 Å². The molecule has 0 aliphatic heterocycles. The number of halogens is 2. The smallest absolute Gasteiger partial charge is 0.291 e. The van der Waals surface area contributed by atoms with Crippen molar-refractivity contribution in [2.24, 2.45) is 0 Å². The molecule has 0 radical (unpaired) electrons. The molecule has 106 valence electrons. The lowest BCUT2D eigenvalue weighted by molar-refractivity contribution is 0.0998. The van der Waals surface area contributed by atoms with Gasteiger partial charge < -0.3 is 9.73 Å². The molecule has 1 aromatic heterocycles. The first-order chi connectivity index (χ1) is 10.1. The van der Waals surface area contributed by atoms with Crippen LogP contribution in [-0.4, -0.2) is 5.91 Å². The number of carbonyl (C=O) groups excluding carboxylic acids is 1. The van der Waals surface area contributed by atoms with E-state index in [1.165, 1.54) is 18.2 Å². The van der Waals surface area contributed by atoms with E-state index in [0.717, 1.165) is 5.39 Å². The lowest BCUT2D eigenvalue weighted by Gasteiger charge is -2.03. The van der Waals surface area contributed by atoms with Gasteiger partial charge in [-0.25, -0.2) is 4.39 Å². The molecule has 0 saturated carbocycles. The minimum atomic E-state index is -0.439. The van der Waals surface area contributed by atoms with Crippen LogP contribution in [0.1, 0.15) is 16.1 Å². The van der Waals surface area contributed by atoms with Crippen LogP contribution >= 0.6 is 11.6 Å². The minimum Gasteiger partial charge on any atom is -0.449 e. The summed E-state index contributed by atoms with van der Waals surface area (Å²) in [7, 11) is 0. The van der Waals surface area contributed by atoms with Gasteiger partial charge in [0.25, 0.3) is 5.91 Å². The molecular formula is C16H11ClFNO2. The molecule has 2 aromatic carbocycles. The molecule has 3 nitrogen and oxygen atoms in total. The standard InChI is InChI=1S/C16H11ClFNO2/c1-9-12-6-3-7-13(17)15(12)21-14(9)16(20)19-11-5-2-4-10(18)8-11/h2-8H,1H3,(H,19,20). The number of benzene rings is 2. The van der Waals surface area contributed by atoms with E-state index in [1.54, 1.807) is 25.1 Å². The highest BCUT2D eigenvalue weighted by Gasteiger charge is 2.19. The van der Waals surface area contributed by atoms with Crippen LogP contribution in [0.25, 0.3) is 11.0 Å². The number of fused-ring (bicyclic) bond motifs is 1. The Bertz CT molecular complexity index is 841. The van der Waals surface area contributed by atoms with Gasteiger partial charge in [0.05, 0.1) is 5.02 Å². The second-order valence-electron chi connectivity index (χ2n) is 4.64. The third kappa shape index (κ3) is 2.50. The summed E-state index contributed by atoms with van der Waals surface area (Å²) in [5.74, 6) is -0.690. The summed E-state index contributed by atoms with van der Waals surface area (Å²) in [4.78, 5) is 12.3. The molecule has 1 N–H and O–H groups in total. The molecule has 0 fully saturated rings. The molecule has 0 aliphatic rings. The highest BCUT2D eigenvalue weighted by molar-refractivity contribution is 6.35. The van der Waals surface area contributed by atoms with Crippen LogP contribution in [-0.2, 0) is 0 Å². The zero-order valence-electron chi connectivity index (χ0n) is 11.1. The first-order valence-corrected chi connectivity index (χ1v) is 6.68. The Hall–Kier alpha value is -2.33. The Morgan fingerprint density at radius 1 is 1.24 bits per heavy atom. The zero-order chi connectivity index (χ0) is 15.0. The first kappa shape index (κ1) is 13.6. The second kappa shape index (κ2) is 5.22. The fourth-order valence-electron chi connectivity index (χ4n) is 2.18. The van der Waals surface area contributed by atoms with Crippen molar-refractivity contribution in [2.75, 3.05) is 5.32 Å². The van der Waals surface area contributed by atoms with Crippen molar-refractivity contribution < 1.29 is 13.6 Å². The van der Waals surface area contributed by atoms with Gasteiger partial charge in [-0.2, -0.15) is 0 Å². The van der Waals surface area contributed by atoms with Crippen molar-refractivity contribution in [3.63, 3.8) is 0 Å². The summed E-state index contributed by atoms with van der Waals surface area (Å²) in [5.41, 5.74) is 1.54. The molecule has 5 heteroatoms. The average molecular weight is 304 g/mol. The molecule has 3 aromatic rings. The maximum Gasteiger partial charge on any atom is 0.291 e. The second-order valence-corrected chi connectivity index (χ2v) is 5.04. The van der Waals surface area contributed by atoms with E-state index in [9.17, 15) is 9.18 Å². The van der Waals surface area contributed by atoms with Gasteiger partial charge in [0, 0.05) is 16.6 Å². The van der Waals surface area contributed by atoms with Gasteiger partial charge in [0.15, 0.2) is 11.3 Å². The lowest BCUT2D eigenvalue weighted by atomic mass is 10.1. The van der Waals surface area contributed by atoms with E-state index >= 15 is 0 Å². The van der Waals surface area contributed by atoms with Crippen LogP contribution in [0.15, 0.2) is 46.9 Å². The minimum absolute atomic E-state index is 0.169. The van der Waals surface area contributed by atoms with Gasteiger partial charge in [0.2, 0.25) is 0 Å². The summed E-state index contributed by atoms with van der Waals surface area (Å²) in [6, 6.07) is 11.0. The van der Waals surface area contributed by atoms with Crippen LogP contribution in [0.2, 0.25) is 5.02 Å². The fraction of sp³-hybridized carbons (Fsp3) is 0.0625. The van der Waals surface area contributed by atoms with Crippen molar-refractivity contribution in [3.05, 3.63) is 64.6 Å². The van der Waals surface area contributed by atoms with Crippen molar-refractivity contribution in [3.8, 4) is 0 Å². The van der Waals surface area contributed by atoms with E-state index < -0.39 is 11.7 Å². The molecular weight excluding hydrogens is 293 g/mol. The number of para-hydroxylation sites is 1. The Kier molecular flexibility index (Phi) is 3.39. The molecule has 0 unspecified atom stereocenters. The van der Waals surface area contributed by atoms with Gasteiger partial charge in [0.1, 0.15) is 5.82 Å². The highest BCUT2D eigenvalue weighted by Crippen LogP contribution is 2.31. The number of carbonyl (C=O) groups is 1. The van der Waals surface area contributed by atoms with Crippen molar-refractivity contribution in [1.82, 2.24) is 0 Å². The van der Waals surface area contributed by atoms with Gasteiger partial charge in [-0.1, -0.05) is 29.8 Å². The number of hydrogen-bond donors (Lipinski definition) is 1. The third-order valence-electron chi connectivity index (χ3n) is 3.20. The maximum absolute atomic E-state index is 13.1. The number of furan rings is 1. The Balaban J connectivity index is 1.98. The number of nitrogens with one attached hydrogen (secondary N) is 1. The summed E-state index contributed by atoms with van der Waals surface area (Å²) in [5, 5.41) is 3.83.